The van der Waals surface area contributed by atoms with Crippen molar-refractivity contribution in [2.24, 2.45) is 0 Å². The molecule has 2 amide bonds. The molecule has 0 radical (unpaired) electrons. The standard InChI is InChI=1S/C31H34Cl3N3O4S/c1-3-29(31(39)35-23-9-7-8-10-23)36(19-22-14-16-26(32)28(34)17-22)30(38)20-37(24-15-13-21(2)27(33)18-24)42(40,41)25-11-5-4-6-12-25/h4-6,11-18,23,29H,3,7-10,19-20H2,1-2H3,(H,35,39)/t29-/m0/s1. The molecule has 224 valence electrons. The normalized spacial score (nSPS) is 14.4. The maximum Gasteiger partial charge on any atom is 0.264 e. The molecule has 0 saturated heterocycles. The minimum atomic E-state index is -4.18. The van der Waals surface area contributed by atoms with Gasteiger partial charge in [-0.2, -0.15) is 0 Å². The SMILES string of the molecule is CC[C@@H](C(=O)NC1CCCC1)N(Cc1ccc(Cl)c(Cl)c1)C(=O)CN(c1ccc(C)c(Cl)c1)S(=O)(=O)c1ccccc1. The van der Waals surface area contributed by atoms with Crippen molar-refractivity contribution >= 4 is 62.3 Å². The summed E-state index contributed by atoms with van der Waals surface area (Å²) in [5, 5.41) is 4.14. The fourth-order valence-electron chi connectivity index (χ4n) is 5.11. The van der Waals surface area contributed by atoms with Crippen molar-refractivity contribution in [1.29, 1.82) is 0 Å². The molecule has 0 aliphatic heterocycles. The first kappa shape index (κ1) is 32.1. The maximum atomic E-state index is 14.2. The van der Waals surface area contributed by atoms with Gasteiger partial charge in [-0.15, -0.1) is 0 Å². The van der Waals surface area contributed by atoms with Gasteiger partial charge >= 0.3 is 0 Å². The lowest BCUT2D eigenvalue weighted by Gasteiger charge is -2.34. The molecule has 7 nitrogen and oxygen atoms in total. The quantitative estimate of drug-likeness (QED) is 0.242. The van der Waals surface area contributed by atoms with Gasteiger partial charge < -0.3 is 10.2 Å². The Morgan fingerprint density at radius 3 is 2.24 bits per heavy atom. The lowest BCUT2D eigenvalue weighted by Crippen LogP contribution is -2.53. The number of aryl methyl sites for hydroxylation is 1. The molecule has 4 rings (SSSR count). The highest BCUT2D eigenvalue weighted by molar-refractivity contribution is 7.92. The van der Waals surface area contributed by atoms with E-state index >= 15 is 0 Å². The molecule has 3 aromatic rings. The van der Waals surface area contributed by atoms with Crippen LogP contribution in [0.25, 0.3) is 0 Å². The van der Waals surface area contributed by atoms with E-state index in [9.17, 15) is 18.0 Å². The Morgan fingerprint density at radius 1 is 0.929 bits per heavy atom. The Bertz CT molecular complexity index is 1530. The van der Waals surface area contributed by atoms with Crippen molar-refractivity contribution in [2.45, 2.75) is 69.5 Å². The van der Waals surface area contributed by atoms with Crippen LogP contribution in [0, 0.1) is 6.92 Å². The lowest BCUT2D eigenvalue weighted by molar-refractivity contribution is -0.140. The second-order valence-corrected chi connectivity index (χ2v) is 13.5. The number of amides is 2. The van der Waals surface area contributed by atoms with Crippen molar-refractivity contribution < 1.29 is 18.0 Å². The largest absolute Gasteiger partial charge is 0.352 e. The molecular formula is C31H34Cl3N3O4S. The first-order valence-electron chi connectivity index (χ1n) is 13.9. The van der Waals surface area contributed by atoms with Crippen molar-refractivity contribution in [3.63, 3.8) is 0 Å². The molecule has 0 heterocycles. The van der Waals surface area contributed by atoms with Gasteiger partial charge in [0.2, 0.25) is 11.8 Å². The molecule has 0 unspecified atom stereocenters. The van der Waals surface area contributed by atoms with Crippen LogP contribution in [-0.4, -0.2) is 43.8 Å². The van der Waals surface area contributed by atoms with Crippen LogP contribution in [0.1, 0.15) is 50.2 Å². The first-order chi connectivity index (χ1) is 20.0. The summed E-state index contributed by atoms with van der Waals surface area (Å²) in [6, 6.07) is 16.9. The topological polar surface area (TPSA) is 86.8 Å². The van der Waals surface area contributed by atoms with E-state index in [0.29, 0.717) is 27.1 Å². The second-order valence-electron chi connectivity index (χ2n) is 10.4. The fourth-order valence-corrected chi connectivity index (χ4v) is 7.03. The molecule has 0 bridgehead atoms. The van der Waals surface area contributed by atoms with E-state index in [2.05, 4.69) is 5.32 Å². The van der Waals surface area contributed by atoms with Crippen molar-refractivity contribution in [2.75, 3.05) is 10.8 Å². The molecule has 1 N–H and O–H groups in total. The maximum absolute atomic E-state index is 14.2. The Balaban J connectivity index is 1.73. The highest BCUT2D eigenvalue weighted by Gasteiger charge is 2.34. The summed E-state index contributed by atoms with van der Waals surface area (Å²) in [6.45, 7) is 3.11. The zero-order chi connectivity index (χ0) is 30.4. The molecule has 1 aliphatic carbocycles. The Labute approximate surface area is 262 Å². The Morgan fingerprint density at radius 2 is 1.62 bits per heavy atom. The monoisotopic (exact) mass is 649 g/mol. The van der Waals surface area contributed by atoms with Crippen LogP contribution in [0.3, 0.4) is 0 Å². The number of benzene rings is 3. The van der Waals surface area contributed by atoms with Crippen molar-refractivity contribution in [3.05, 3.63) is 92.9 Å². The average Bonchev–Trinajstić information content (AvgIpc) is 3.48. The van der Waals surface area contributed by atoms with E-state index in [1.807, 2.05) is 6.92 Å². The van der Waals surface area contributed by atoms with Crippen LogP contribution >= 0.6 is 34.8 Å². The van der Waals surface area contributed by atoms with Crippen LogP contribution in [-0.2, 0) is 26.2 Å². The lowest BCUT2D eigenvalue weighted by atomic mass is 10.1. The third-order valence-corrected chi connectivity index (χ3v) is 10.4. The van der Waals surface area contributed by atoms with Crippen LogP contribution in [0.2, 0.25) is 15.1 Å². The number of hydrogen-bond donors (Lipinski definition) is 1. The van der Waals surface area contributed by atoms with E-state index < -0.39 is 28.5 Å². The second kappa shape index (κ2) is 14.1. The summed E-state index contributed by atoms with van der Waals surface area (Å²) in [5.74, 6) is -0.820. The van der Waals surface area contributed by atoms with Crippen LogP contribution in [0.5, 0.6) is 0 Å². The number of sulfonamides is 1. The summed E-state index contributed by atoms with van der Waals surface area (Å²) in [6.07, 6.45) is 4.19. The summed E-state index contributed by atoms with van der Waals surface area (Å²) >= 11 is 18.8. The van der Waals surface area contributed by atoms with Crippen molar-refractivity contribution in [1.82, 2.24) is 10.2 Å². The van der Waals surface area contributed by atoms with E-state index in [4.69, 9.17) is 34.8 Å². The van der Waals surface area contributed by atoms with Crippen molar-refractivity contribution in [3.8, 4) is 0 Å². The molecule has 1 fully saturated rings. The third kappa shape index (κ3) is 7.59. The summed E-state index contributed by atoms with van der Waals surface area (Å²) < 4.78 is 28.9. The van der Waals surface area contributed by atoms with E-state index in [1.54, 1.807) is 55.5 Å². The predicted octanol–water partition coefficient (Wildman–Crippen LogP) is 7.02. The number of anilines is 1. The van der Waals surface area contributed by atoms with Crippen LogP contribution in [0.4, 0.5) is 5.69 Å². The Hall–Kier alpha value is -2.78. The number of carbonyl (C=O) groups is 2. The molecule has 11 heteroatoms. The molecule has 42 heavy (non-hydrogen) atoms. The smallest absolute Gasteiger partial charge is 0.264 e. The molecule has 1 aliphatic rings. The first-order valence-corrected chi connectivity index (χ1v) is 16.5. The molecule has 3 aromatic carbocycles. The van der Waals surface area contributed by atoms with E-state index in [0.717, 1.165) is 35.6 Å². The predicted molar refractivity (Wildman–Crippen MR) is 169 cm³/mol. The third-order valence-electron chi connectivity index (χ3n) is 7.48. The van der Waals surface area contributed by atoms with Gasteiger partial charge in [-0.1, -0.05) is 84.9 Å². The zero-order valence-electron chi connectivity index (χ0n) is 23.5. The molecular weight excluding hydrogens is 617 g/mol. The number of nitrogens with one attached hydrogen (secondary N) is 1. The van der Waals surface area contributed by atoms with Crippen LogP contribution in [0.15, 0.2) is 71.6 Å². The highest BCUT2D eigenvalue weighted by Crippen LogP contribution is 2.29. The van der Waals surface area contributed by atoms with Gasteiger partial charge in [0, 0.05) is 17.6 Å². The number of carbonyl (C=O) groups excluding carboxylic acids is 2. The van der Waals surface area contributed by atoms with Gasteiger partial charge in [0.25, 0.3) is 10.0 Å². The zero-order valence-corrected chi connectivity index (χ0v) is 26.6. The molecule has 1 atom stereocenters. The fraction of sp³-hybridized carbons (Fsp3) is 0.355. The van der Waals surface area contributed by atoms with Gasteiger partial charge in [0.05, 0.1) is 20.6 Å². The number of hydrogen-bond acceptors (Lipinski definition) is 4. The highest BCUT2D eigenvalue weighted by atomic mass is 35.5. The minimum Gasteiger partial charge on any atom is -0.352 e. The van der Waals surface area contributed by atoms with E-state index in [-0.39, 0.29) is 29.1 Å². The summed E-state index contributed by atoms with van der Waals surface area (Å²) in [7, 11) is -4.18. The number of rotatable bonds is 11. The summed E-state index contributed by atoms with van der Waals surface area (Å²) in [4.78, 5) is 29.2. The molecule has 1 saturated carbocycles. The molecule has 0 aromatic heterocycles. The molecule has 0 spiro atoms. The van der Waals surface area contributed by atoms with Gasteiger partial charge in [0.15, 0.2) is 0 Å². The van der Waals surface area contributed by atoms with Gasteiger partial charge in [-0.25, -0.2) is 8.42 Å². The van der Waals surface area contributed by atoms with Crippen LogP contribution < -0.4 is 9.62 Å². The van der Waals surface area contributed by atoms with Gasteiger partial charge in [0.1, 0.15) is 12.6 Å². The van der Waals surface area contributed by atoms with Gasteiger partial charge in [-0.3, -0.25) is 13.9 Å². The average molecular weight is 651 g/mol. The van der Waals surface area contributed by atoms with E-state index in [1.165, 1.54) is 23.1 Å². The van der Waals surface area contributed by atoms with Gasteiger partial charge in [-0.05, 0) is 73.7 Å². The number of halogens is 3. The number of nitrogens with zero attached hydrogens (tertiary/aromatic N) is 2. The Kier molecular flexibility index (Phi) is 10.8. The summed E-state index contributed by atoms with van der Waals surface area (Å²) in [5.41, 5.74) is 1.65. The minimum absolute atomic E-state index is 0.0246.